The van der Waals surface area contributed by atoms with Crippen LogP contribution in [0.2, 0.25) is 0 Å². The van der Waals surface area contributed by atoms with Crippen molar-refractivity contribution >= 4 is 5.91 Å². The van der Waals surface area contributed by atoms with Crippen LogP contribution in [0.5, 0.6) is 5.75 Å². The van der Waals surface area contributed by atoms with Gasteiger partial charge in [-0.2, -0.15) is 0 Å². The van der Waals surface area contributed by atoms with Gasteiger partial charge >= 0.3 is 0 Å². The molecule has 4 N–H and O–H groups in total. The van der Waals surface area contributed by atoms with Gasteiger partial charge in [0.15, 0.2) is 0 Å². The number of nitrogens with one attached hydrogen (secondary N) is 1. The summed E-state index contributed by atoms with van der Waals surface area (Å²) in [6.07, 6.45) is 1.36. The first kappa shape index (κ1) is 16.5. The first-order valence-electron chi connectivity index (χ1n) is 6.87. The summed E-state index contributed by atoms with van der Waals surface area (Å²) in [7, 11) is 4.01. The molecular formula is C15H25N3O2. The molecule has 0 aromatic heterocycles. The van der Waals surface area contributed by atoms with E-state index in [4.69, 9.17) is 5.73 Å². The van der Waals surface area contributed by atoms with E-state index in [1.54, 1.807) is 24.3 Å². The molecular weight excluding hydrogens is 254 g/mol. The number of phenols is 1. The molecule has 0 fully saturated rings. The Kier molecular flexibility index (Phi) is 6.48. The predicted octanol–water partition coefficient (Wildman–Crippen LogP) is 0.718. The van der Waals surface area contributed by atoms with Crippen LogP contribution in [0.4, 0.5) is 0 Å². The summed E-state index contributed by atoms with van der Waals surface area (Å²) in [5.74, 6) is 0.0772. The molecule has 5 heteroatoms. The van der Waals surface area contributed by atoms with E-state index in [1.165, 1.54) is 0 Å². The maximum Gasteiger partial charge on any atom is 0.237 e. The summed E-state index contributed by atoms with van der Waals surface area (Å²) in [5.41, 5.74) is 6.84. The van der Waals surface area contributed by atoms with Gasteiger partial charge in [-0.05, 0) is 58.1 Å². The minimum absolute atomic E-state index is 0.107. The molecule has 2 atom stereocenters. The fourth-order valence-corrected chi connectivity index (χ4v) is 1.85. The van der Waals surface area contributed by atoms with Crippen molar-refractivity contribution in [2.75, 3.05) is 20.6 Å². The largest absolute Gasteiger partial charge is 0.508 e. The topological polar surface area (TPSA) is 78.6 Å². The Labute approximate surface area is 120 Å². The zero-order valence-corrected chi connectivity index (χ0v) is 12.5. The smallest absolute Gasteiger partial charge is 0.237 e. The maximum atomic E-state index is 12.0. The summed E-state index contributed by atoms with van der Waals surface area (Å²) in [6.45, 7) is 2.91. The molecule has 1 aromatic carbocycles. The lowest BCUT2D eigenvalue weighted by Gasteiger charge is -2.19. The number of phenolic OH excluding ortho intramolecular Hbond substituents is 1. The van der Waals surface area contributed by atoms with Crippen molar-refractivity contribution in [3.05, 3.63) is 29.8 Å². The highest BCUT2D eigenvalue weighted by molar-refractivity contribution is 5.82. The van der Waals surface area contributed by atoms with Gasteiger partial charge in [0.1, 0.15) is 5.75 Å². The number of benzene rings is 1. The second-order valence-corrected chi connectivity index (χ2v) is 5.48. The van der Waals surface area contributed by atoms with Crippen LogP contribution in [0, 0.1) is 0 Å². The highest BCUT2D eigenvalue weighted by Crippen LogP contribution is 2.11. The molecule has 0 radical (unpaired) electrons. The summed E-state index contributed by atoms with van der Waals surface area (Å²) in [6, 6.07) is 6.28. The molecule has 0 saturated carbocycles. The number of carbonyl (C=O) groups excluding carboxylic acids is 1. The van der Waals surface area contributed by atoms with Crippen LogP contribution in [0.1, 0.15) is 18.9 Å². The summed E-state index contributed by atoms with van der Waals surface area (Å²) < 4.78 is 0. The average molecular weight is 279 g/mol. The number of amides is 1. The van der Waals surface area contributed by atoms with Crippen LogP contribution in [0.3, 0.4) is 0 Å². The summed E-state index contributed by atoms with van der Waals surface area (Å²) in [5, 5.41) is 12.1. The van der Waals surface area contributed by atoms with Crippen molar-refractivity contribution in [1.29, 1.82) is 0 Å². The molecule has 112 valence electrons. The standard InChI is InChI=1S/C15H25N3O2/c1-11(8-9-18(2)3)17-15(20)14(16)10-12-4-6-13(19)7-5-12/h4-7,11,14,19H,8-10,16H2,1-3H3,(H,17,20)/t11?,14-/m1/s1. The molecule has 0 bridgehead atoms. The van der Waals surface area contributed by atoms with Crippen molar-refractivity contribution in [3.8, 4) is 5.75 Å². The first-order valence-corrected chi connectivity index (χ1v) is 6.87. The fourth-order valence-electron chi connectivity index (χ4n) is 1.85. The minimum atomic E-state index is -0.568. The van der Waals surface area contributed by atoms with Gasteiger partial charge in [-0.15, -0.1) is 0 Å². The zero-order valence-electron chi connectivity index (χ0n) is 12.5. The molecule has 20 heavy (non-hydrogen) atoms. The van der Waals surface area contributed by atoms with E-state index in [2.05, 4.69) is 10.2 Å². The molecule has 1 unspecified atom stereocenters. The Hall–Kier alpha value is -1.59. The molecule has 1 amide bonds. The van der Waals surface area contributed by atoms with Gasteiger partial charge in [-0.3, -0.25) is 4.79 Å². The van der Waals surface area contributed by atoms with Crippen LogP contribution in [-0.4, -0.2) is 48.6 Å². The Morgan fingerprint density at radius 2 is 1.95 bits per heavy atom. The van der Waals surface area contributed by atoms with E-state index in [0.29, 0.717) is 6.42 Å². The maximum absolute atomic E-state index is 12.0. The monoisotopic (exact) mass is 279 g/mol. The van der Waals surface area contributed by atoms with Crippen molar-refractivity contribution in [1.82, 2.24) is 10.2 Å². The number of carbonyl (C=O) groups is 1. The number of hydrogen-bond acceptors (Lipinski definition) is 4. The highest BCUT2D eigenvalue weighted by Gasteiger charge is 2.16. The zero-order chi connectivity index (χ0) is 15.1. The van der Waals surface area contributed by atoms with E-state index in [1.807, 2.05) is 21.0 Å². The number of hydrogen-bond donors (Lipinski definition) is 3. The van der Waals surface area contributed by atoms with Gasteiger partial charge in [-0.25, -0.2) is 0 Å². The molecule has 1 aromatic rings. The Balaban J connectivity index is 2.40. The van der Waals surface area contributed by atoms with Gasteiger partial charge in [0.2, 0.25) is 5.91 Å². The van der Waals surface area contributed by atoms with E-state index < -0.39 is 6.04 Å². The lowest BCUT2D eigenvalue weighted by Crippen LogP contribution is -2.46. The SMILES string of the molecule is CC(CCN(C)C)NC(=O)[C@H](N)Cc1ccc(O)cc1. The fraction of sp³-hybridized carbons (Fsp3) is 0.533. The molecule has 1 rings (SSSR count). The van der Waals surface area contributed by atoms with Crippen LogP contribution >= 0.6 is 0 Å². The van der Waals surface area contributed by atoms with Crippen molar-refractivity contribution in [3.63, 3.8) is 0 Å². The van der Waals surface area contributed by atoms with Crippen molar-refractivity contribution in [2.45, 2.75) is 31.8 Å². The quantitative estimate of drug-likeness (QED) is 0.687. The van der Waals surface area contributed by atoms with E-state index >= 15 is 0 Å². The average Bonchev–Trinajstić information content (AvgIpc) is 2.39. The highest BCUT2D eigenvalue weighted by atomic mass is 16.3. The van der Waals surface area contributed by atoms with Gasteiger partial charge in [-0.1, -0.05) is 12.1 Å². The Morgan fingerprint density at radius 3 is 2.50 bits per heavy atom. The van der Waals surface area contributed by atoms with Crippen molar-refractivity contribution in [2.24, 2.45) is 5.73 Å². The van der Waals surface area contributed by atoms with Gasteiger partial charge in [0.05, 0.1) is 6.04 Å². The van der Waals surface area contributed by atoms with E-state index in [0.717, 1.165) is 18.5 Å². The lowest BCUT2D eigenvalue weighted by atomic mass is 10.1. The molecule has 0 spiro atoms. The van der Waals surface area contributed by atoms with Gasteiger partial charge in [0.25, 0.3) is 0 Å². The number of nitrogens with two attached hydrogens (primary N) is 1. The Morgan fingerprint density at radius 1 is 1.35 bits per heavy atom. The van der Waals surface area contributed by atoms with Gasteiger partial charge in [0, 0.05) is 6.04 Å². The van der Waals surface area contributed by atoms with Crippen LogP contribution < -0.4 is 11.1 Å². The minimum Gasteiger partial charge on any atom is -0.508 e. The lowest BCUT2D eigenvalue weighted by molar-refractivity contribution is -0.123. The van der Waals surface area contributed by atoms with Crippen LogP contribution in [0.15, 0.2) is 24.3 Å². The molecule has 5 nitrogen and oxygen atoms in total. The first-order chi connectivity index (χ1) is 9.38. The molecule has 0 aliphatic carbocycles. The predicted molar refractivity (Wildman–Crippen MR) is 80.6 cm³/mol. The second-order valence-electron chi connectivity index (χ2n) is 5.48. The van der Waals surface area contributed by atoms with E-state index in [-0.39, 0.29) is 17.7 Å². The Bertz CT molecular complexity index is 418. The van der Waals surface area contributed by atoms with Crippen LogP contribution in [0.25, 0.3) is 0 Å². The normalized spacial score (nSPS) is 14.1. The van der Waals surface area contributed by atoms with Crippen molar-refractivity contribution < 1.29 is 9.90 Å². The third kappa shape index (κ3) is 6.04. The third-order valence-electron chi connectivity index (χ3n) is 3.13. The van der Waals surface area contributed by atoms with Gasteiger partial charge < -0.3 is 21.1 Å². The molecule has 0 aliphatic rings. The number of aromatic hydroxyl groups is 1. The molecule has 0 heterocycles. The number of nitrogens with zero attached hydrogens (tertiary/aromatic N) is 1. The third-order valence-corrected chi connectivity index (χ3v) is 3.13. The second kappa shape index (κ2) is 7.87. The molecule has 0 aliphatic heterocycles. The van der Waals surface area contributed by atoms with Crippen LogP contribution in [-0.2, 0) is 11.2 Å². The molecule has 0 saturated heterocycles. The summed E-state index contributed by atoms with van der Waals surface area (Å²) >= 11 is 0. The number of rotatable bonds is 7. The summed E-state index contributed by atoms with van der Waals surface area (Å²) in [4.78, 5) is 14.1. The van der Waals surface area contributed by atoms with E-state index in [9.17, 15) is 9.90 Å².